The van der Waals surface area contributed by atoms with Crippen LogP contribution in [0.3, 0.4) is 0 Å². The first-order chi connectivity index (χ1) is 14.4. The van der Waals surface area contributed by atoms with Crippen molar-refractivity contribution in [1.29, 1.82) is 0 Å². The van der Waals surface area contributed by atoms with Gasteiger partial charge in [0, 0.05) is 34.5 Å². The van der Waals surface area contributed by atoms with Gasteiger partial charge in [-0.3, -0.25) is 4.79 Å². The van der Waals surface area contributed by atoms with Gasteiger partial charge in [-0.05, 0) is 72.8 Å². The first-order valence-corrected chi connectivity index (χ1v) is 11.0. The topological polar surface area (TPSA) is 49.3 Å². The Kier molecular flexibility index (Phi) is 6.31. The molecule has 0 amide bonds. The van der Waals surface area contributed by atoms with Crippen molar-refractivity contribution in [2.75, 3.05) is 13.1 Å². The zero-order valence-electron chi connectivity index (χ0n) is 16.5. The zero-order valence-corrected chi connectivity index (χ0v) is 18.0. The normalized spacial score (nSPS) is 25.7. The van der Waals surface area contributed by atoms with Gasteiger partial charge in [-0.2, -0.15) is 0 Å². The van der Waals surface area contributed by atoms with E-state index in [1.165, 1.54) is 0 Å². The average Bonchev–Trinajstić information content (AvgIpc) is 2.71. The molecule has 0 spiro atoms. The molecule has 1 aliphatic heterocycles. The number of Topliss-reactive ketones (excluding diaryl/α,β-unsaturated/α-hetero) is 1. The molecule has 0 aromatic heterocycles. The van der Waals surface area contributed by atoms with E-state index in [1.807, 2.05) is 18.2 Å². The smallest absolute Gasteiger partial charge is 0.159 e. The minimum absolute atomic E-state index is 0.0461. The van der Waals surface area contributed by atoms with E-state index in [9.17, 15) is 9.90 Å². The second-order valence-corrected chi connectivity index (χ2v) is 8.99. The maximum Gasteiger partial charge on any atom is 0.159 e. The lowest BCUT2D eigenvalue weighted by Gasteiger charge is -2.43. The van der Waals surface area contributed by atoms with Crippen molar-refractivity contribution >= 4 is 35.1 Å². The molecular formula is C24H24Cl2FNO2. The van der Waals surface area contributed by atoms with Gasteiger partial charge in [-0.1, -0.05) is 41.4 Å². The molecule has 2 aliphatic rings. The average molecular weight is 448 g/mol. The molecule has 2 N–H and O–H groups in total. The molecule has 1 saturated heterocycles. The van der Waals surface area contributed by atoms with Crippen LogP contribution in [0.1, 0.15) is 41.9 Å². The fraction of sp³-hybridized carbons (Fsp3) is 0.375. The maximum absolute atomic E-state index is 15.2. The van der Waals surface area contributed by atoms with Crippen molar-refractivity contribution in [2.45, 2.75) is 43.4 Å². The van der Waals surface area contributed by atoms with Gasteiger partial charge in [0.25, 0.3) is 0 Å². The van der Waals surface area contributed by atoms with Crippen LogP contribution in [-0.4, -0.2) is 35.8 Å². The third-order valence-electron chi connectivity index (χ3n) is 6.17. The second-order valence-electron chi connectivity index (χ2n) is 8.12. The maximum atomic E-state index is 15.2. The molecule has 1 heterocycles. The van der Waals surface area contributed by atoms with Crippen LogP contribution in [0, 0.1) is 0 Å². The summed E-state index contributed by atoms with van der Waals surface area (Å²) in [7, 11) is 0. The number of fused-ring (bicyclic) bond motifs is 1. The monoisotopic (exact) mass is 447 g/mol. The number of alkyl halides is 1. The van der Waals surface area contributed by atoms with E-state index in [4.69, 9.17) is 23.2 Å². The molecule has 2 aromatic rings. The lowest BCUT2D eigenvalue weighted by molar-refractivity contribution is -0.118. The molecule has 0 saturated carbocycles. The van der Waals surface area contributed by atoms with Crippen LogP contribution in [0.15, 0.2) is 48.0 Å². The molecule has 3 unspecified atom stereocenters. The summed E-state index contributed by atoms with van der Waals surface area (Å²) in [5, 5.41) is 15.7. The van der Waals surface area contributed by atoms with Crippen LogP contribution in [0.2, 0.25) is 10.0 Å². The van der Waals surface area contributed by atoms with Gasteiger partial charge in [-0.25, -0.2) is 4.39 Å². The molecule has 6 heteroatoms. The molecule has 3 atom stereocenters. The molecule has 1 fully saturated rings. The molecular weight excluding hydrogens is 424 g/mol. The Morgan fingerprint density at radius 1 is 1.10 bits per heavy atom. The summed E-state index contributed by atoms with van der Waals surface area (Å²) in [4.78, 5) is 13.3. The van der Waals surface area contributed by atoms with E-state index >= 15 is 4.39 Å². The van der Waals surface area contributed by atoms with Gasteiger partial charge in [0.1, 0.15) is 11.8 Å². The summed E-state index contributed by atoms with van der Waals surface area (Å²) in [6, 6.07) is 12.6. The number of rotatable bonds is 3. The number of aryl methyl sites for hydroxylation is 1. The summed E-state index contributed by atoms with van der Waals surface area (Å²) in [6.45, 7) is 0.523. The van der Waals surface area contributed by atoms with Crippen LogP contribution >= 0.6 is 23.2 Å². The third-order valence-corrected chi connectivity index (χ3v) is 6.66. The van der Waals surface area contributed by atoms with E-state index in [-0.39, 0.29) is 18.7 Å². The van der Waals surface area contributed by atoms with Gasteiger partial charge >= 0.3 is 0 Å². The number of nitrogens with one attached hydrogen (secondary N) is 1. The summed E-state index contributed by atoms with van der Waals surface area (Å²) in [6.07, 6.45) is 2.31. The molecule has 0 radical (unpaired) electrons. The molecule has 30 heavy (non-hydrogen) atoms. The number of benzene rings is 2. The Labute approximate surface area is 185 Å². The van der Waals surface area contributed by atoms with E-state index in [0.717, 1.165) is 17.5 Å². The highest BCUT2D eigenvalue weighted by Gasteiger charge is 2.49. The van der Waals surface area contributed by atoms with E-state index in [0.29, 0.717) is 40.6 Å². The summed E-state index contributed by atoms with van der Waals surface area (Å²) < 4.78 is 15.2. The quantitative estimate of drug-likeness (QED) is 0.685. The van der Waals surface area contributed by atoms with Gasteiger partial charge in [0.2, 0.25) is 0 Å². The minimum atomic E-state index is -1.70. The zero-order chi connectivity index (χ0) is 21.3. The summed E-state index contributed by atoms with van der Waals surface area (Å²) >= 11 is 12.3. The van der Waals surface area contributed by atoms with E-state index < -0.39 is 17.7 Å². The van der Waals surface area contributed by atoms with E-state index in [1.54, 1.807) is 30.3 Å². The predicted molar refractivity (Wildman–Crippen MR) is 119 cm³/mol. The first-order valence-electron chi connectivity index (χ1n) is 10.2. The van der Waals surface area contributed by atoms with Crippen molar-refractivity contribution < 1.29 is 14.3 Å². The van der Waals surface area contributed by atoms with Crippen molar-refractivity contribution in [3.8, 4) is 0 Å². The van der Waals surface area contributed by atoms with Crippen LogP contribution in [-0.2, 0) is 11.2 Å². The Hall–Kier alpha value is -1.72. The van der Waals surface area contributed by atoms with Crippen molar-refractivity contribution in [1.82, 2.24) is 5.32 Å². The minimum Gasteiger partial charge on any atom is -0.386 e. The largest absolute Gasteiger partial charge is 0.386 e. The van der Waals surface area contributed by atoms with Crippen molar-refractivity contribution in [3.63, 3.8) is 0 Å². The lowest BCUT2D eigenvalue weighted by atomic mass is 9.69. The number of hydrogen-bond acceptors (Lipinski definition) is 3. The fourth-order valence-corrected chi connectivity index (χ4v) is 4.88. The Balaban J connectivity index is 1.91. The Bertz CT molecular complexity index is 976. The van der Waals surface area contributed by atoms with Gasteiger partial charge < -0.3 is 10.4 Å². The highest BCUT2D eigenvalue weighted by atomic mass is 35.5. The standard InChI is InChI=1S/C24H24Cl2FNO2/c25-18-7-5-16(6-8-18)23(24(30)10-11-28-14-22(24)27)20-13-17-12-19(26)9-4-15(17)2-1-3-21(20)29/h4-9,12-13,22-23,28,30H,1-3,10-11,14H2. The SMILES string of the molecule is O=C1CCCc2ccc(Cl)cc2C=C1C(c1ccc(Cl)cc1)C1(O)CCNCC1F. The number of ketones is 1. The molecule has 0 bridgehead atoms. The van der Waals surface area contributed by atoms with Gasteiger partial charge in [0.15, 0.2) is 5.78 Å². The highest BCUT2D eigenvalue weighted by molar-refractivity contribution is 6.31. The highest BCUT2D eigenvalue weighted by Crippen LogP contribution is 2.44. The number of carbonyl (C=O) groups is 1. The lowest BCUT2D eigenvalue weighted by Crippen LogP contribution is -2.56. The Morgan fingerprint density at radius 2 is 1.83 bits per heavy atom. The van der Waals surface area contributed by atoms with Crippen molar-refractivity contribution in [2.24, 2.45) is 0 Å². The van der Waals surface area contributed by atoms with Crippen LogP contribution in [0.5, 0.6) is 0 Å². The fourth-order valence-electron chi connectivity index (χ4n) is 4.57. The predicted octanol–water partition coefficient (Wildman–Crippen LogP) is 5.13. The number of aliphatic hydroxyl groups is 1. The number of halogens is 3. The van der Waals surface area contributed by atoms with Crippen LogP contribution in [0.25, 0.3) is 6.08 Å². The number of piperidine rings is 1. The van der Waals surface area contributed by atoms with Crippen molar-refractivity contribution in [3.05, 3.63) is 74.8 Å². The van der Waals surface area contributed by atoms with E-state index in [2.05, 4.69) is 5.32 Å². The molecule has 1 aliphatic carbocycles. The van der Waals surface area contributed by atoms with Gasteiger partial charge in [0.05, 0.1) is 0 Å². The summed E-state index contributed by atoms with van der Waals surface area (Å²) in [5.41, 5.74) is 1.34. The molecule has 4 rings (SSSR count). The third kappa shape index (κ3) is 4.19. The molecule has 3 nitrogen and oxygen atoms in total. The summed E-state index contributed by atoms with van der Waals surface area (Å²) in [5.74, 6) is -0.871. The second kappa shape index (κ2) is 8.80. The number of carbonyl (C=O) groups excluding carboxylic acids is 1. The number of hydrogen-bond donors (Lipinski definition) is 2. The Morgan fingerprint density at radius 3 is 2.57 bits per heavy atom. The van der Waals surface area contributed by atoms with Crippen LogP contribution < -0.4 is 5.32 Å². The van der Waals surface area contributed by atoms with Gasteiger partial charge in [-0.15, -0.1) is 0 Å². The molecule has 158 valence electrons. The molecule has 2 aromatic carbocycles. The van der Waals surface area contributed by atoms with Crippen LogP contribution in [0.4, 0.5) is 4.39 Å². The first kappa shape index (κ1) is 21.5.